The molecule has 1 saturated heterocycles. The minimum atomic E-state index is 0.370. The molecule has 33 valence electrons. The van der Waals surface area contributed by atoms with Crippen molar-refractivity contribution in [1.82, 2.24) is 10.9 Å². The van der Waals surface area contributed by atoms with Gasteiger partial charge in [-0.25, -0.2) is 0 Å². The first kappa shape index (κ1) is 3.83. The minimum absolute atomic E-state index is 0.370. The second-order valence-electron chi connectivity index (χ2n) is 0.792. The Hall–Kier alpha value is -0.350. The van der Waals surface area contributed by atoms with E-state index in [2.05, 4.69) is 27.8 Å². The van der Waals surface area contributed by atoms with E-state index in [4.69, 9.17) is 0 Å². The van der Waals surface area contributed by atoms with Crippen molar-refractivity contribution in [2.24, 2.45) is 0 Å². The summed E-state index contributed by atoms with van der Waals surface area (Å²) in [5.74, 6) is 0. The number of rotatable bonds is 0. The van der Waals surface area contributed by atoms with Gasteiger partial charge < -0.3 is 4.74 Å². The van der Waals surface area contributed by atoms with Crippen molar-refractivity contribution in [2.75, 3.05) is 0 Å². The largest absolute Gasteiger partial charge is 0.444 e. The Balaban J connectivity index is 2.37. The lowest BCUT2D eigenvalue weighted by atomic mass is 11.3. The van der Waals surface area contributed by atoms with Crippen LogP contribution in [-0.4, -0.2) is 5.17 Å². The smallest absolute Gasteiger partial charge is 0.273 e. The topological polar surface area (TPSA) is 33.3 Å². The summed E-state index contributed by atoms with van der Waals surface area (Å²) in [5.41, 5.74) is 5.06. The molecule has 0 bridgehead atoms. The Morgan fingerprint density at radius 2 is 2.67 bits per heavy atom. The summed E-state index contributed by atoms with van der Waals surface area (Å²) >= 11 is 4.49. The van der Waals surface area contributed by atoms with E-state index in [-0.39, 0.29) is 0 Å². The number of hydrogen-bond acceptors (Lipinski definition) is 3. The van der Waals surface area contributed by atoms with E-state index in [1.54, 1.807) is 0 Å². The zero-order valence-electron chi connectivity index (χ0n) is 2.89. The maximum atomic E-state index is 4.54. The summed E-state index contributed by atoms with van der Waals surface area (Å²) < 4.78 is 4.54. The third-order valence-corrected chi connectivity index (χ3v) is 0.597. The molecular formula is C2H3N2OS. The first-order chi connectivity index (χ1) is 2.89. The van der Waals surface area contributed by atoms with Crippen LogP contribution in [0.2, 0.25) is 0 Å². The number of hydrazine groups is 1. The Kier molecular flexibility index (Phi) is 0.894. The van der Waals surface area contributed by atoms with Crippen molar-refractivity contribution in [3.05, 3.63) is 6.73 Å². The van der Waals surface area contributed by atoms with Gasteiger partial charge in [0.15, 0.2) is 0 Å². The van der Waals surface area contributed by atoms with Gasteiger partial charge >= 0.3 is 0 Å². The van der Waals surface area contributed by atoms with Crippen molar-refractivity contribution >= 4 is 17.4 Å². The molecule has 3 nitrogen and oxygen atoms in total. The first-order valence-electron chi connectivity index (χ1n) is 1.43. The highest BCUT2D eigenvalue weighted by atomic mass is 32.1. The van der Waals surface area contributed by atoms with Gasteiger partial charge in [-0.3, -0.25) is 5.43 Å². The van der Waals surface area contributed by atoms with E-state index in [0.29, 0.717) is 5.17 Å². The van der Waals surface area contributed by atoms with E-state index >= 15 is 0 Å². The van der Waals surface area contributed by atoms with Crippen molar-refractivity contribution in [3.8, 4) is 0 Å². The summed E-state index contributed by atoms with van der Waals surface area (Å²) in [4.78, 5) is 0. The molecule has 0 atom stereocenters. The first-order valence-corrected chi connectivity index (χ1v) is 1.84. The van der Waals surface area contributed by atoms with Crippen molar-refractivity contribution in [1.29, 1.82) is 0 Å². The van der Waals surface area contributed by atoms with Gasteiger partial charge in [-0.2, -0.15) is 5.43 Å². The molecule has 1 fully saturated rings. The standard InChI is InChI=1S/C2H3N2OS/c6-2-4-3-1-5-2/h1,3H,(H,4,6). The molecule has 1 aliphatic heterocycles. The average Bonchev–Trinajstić information content (AvgIpc) is 1.86. The Morgan fingerprint density at radius 3 is 2.83 bits per heavy atom. The van der Waals surface area contributed by atoms with Crippen LogP contribution in [-0.2, 0) is 4.74 Å². The van der Waals surface area contributed by atoms with E-state index in [9.17, 15) is 0 Å². The molecule has 1 radical (unpaired) electrons. The molecule has 0 amide bonds. The molecule has 0 saturated carbocycles. The quantitative estimate of drug-likeness (QED) is 0.405. The highest BCUT2D eigenvalue weighted by molar-refractivity contribution is 7.80. The highest BCUT2D eigenvalue weighted by Crippen LogP contribution is 1.83. The van der Waals surface area contributed by atoms with Gasteiger partial charge in [-0.05, 0) is 12.2 Å². The van der Waals surface area contributed by atoms with E-state index < -0.39 is 0 Å². The van der Waals surface area contributed by atoms with Gasteiger partial charge in [-0.15, -0.1) is 0 Å². The number of nitrogens with one attached hydrogen (secondary N) is 2. The summed E-state index contributed by atoms with van der Waals surface area (Å²) in [6.07, 6.45) is 0. The van der Waals surface area contributed by atoms with Crippen LogP contribution in [0.25, 0.3) is 0 Å². The summed E-state index contributed by atoms with van der Waals surface area (Å²) in [7, 11) is 0. The van der Waals surface area contributed by atoms with Crippen LogP contribution >= 0.6 is 12.2 Å². The van der Waals surface area contributed by atoms with Gasteiger partial charge in [-0.1, -0.05) is 0 Å². The molecule has 0 aromatic rings. The molecule has 4 heteroatoms. The van der Waals surface area contributed by atoms with Crippen LogP contribution in [0.3, 0.4) is 0 Å². The van der Waals surface area contributed by atoms with Gasteiger partial charge in [0.1, 0.15) is 0 Å². The van der Waals surface area contributed by atoms with Crippen LogP contribution < -0.4 is 10.9 Å². The highest BCUT2D eigenvalue weighted by Gasteiger charge is 2.01. The van der Waals surface area contributed by atoms with Gasteiger partial charge in [0.2, 0.25) is 6.73 Å². The fourth-order valence-corrected chi connectivity index (χ4v) is 0.308. The molecule has 2 N–H and O–H groups in total. The SMILES string of the molecule is S=C1NN[CH]O1. The lowest BCUT2D eigenvalue weighted by Crippen LogP contribution is -2.22. The predicted octanol–water partition coefficient (Wildman–Crippen LogP) is -0.485. The third-order valence-electron chi connectivity index (χ3n) is 0.399. The summed E-state index contributed by atoms with van der Waals surface area (Å²) in [6, 6.07) is 0. The van der Waals surface area contributed by atoms with Crippen LogP contribution in [0.4, 0.5) is 0 Å². The normalized spacial score (nSPS) is 19.7. The lowest BCUT2D eigenvalue weighted by molar-refractivity contribution is 0.419. The fraction of sp³-hybridized carbons (Fsp3) is 0. The Morgan fingerprint density at radius 1 is 1.83 bits per heavy atom. The predicted molar refractivity (Wildman–Crippen MR) is 24.3 cm³/mol. The second-order valence-corrected chi connectivity index (χ2v) is 1.16. The summed E-state index contributed by atoms with van der Waals surface area (Å²) in [6.45, 7) is 1.38. The lowest BCUT2D eigenvalue weighted by Gasteiger charge is -1.82. The molecule has 1 aliphatic rings. The van der Waals surface area contributed by atoms with Crippen molar-refractivity contribution in [3.63, 3.8) is 0 Å². The van der Waals surface area contributed by atoms with Gasteiger partial charge in [0.05, 0.1) is 0 Å². The average molecular weight is 103 g/mol. The van der Waals surface area contributed by atoms with Crippen molar-refractivity contribution < 1.29 is 4.74 Å². The van der Waals surface area contributed by atoms with Crippen LogP contribution in [0.1, 0.15) is 0 Å². The fourth-order valence-electron chi connectivity index (χ4n) is 0.201. The molecule has 0 aliphatic carbocycles. The molecule has 1 rings (SSSR count). The number of hydrogen-bond donors (Lipinski definition) is 2. The zero-order chi connectivity index (χ0) is 4.41. The number of thiocarbonyl (C=S) groups is 1. The monoisotopic (exact) mass is 103 g/mol. The molecule has 0 aromatic carbocycles. The van der Waals surface area contributed by atoms with E-state index in [1.165, 1.54) is 6.73 Å². The molecule has 0 unspecified atom stereocenters. The molecule has 0 aromatic heterocycles. The van der Waals surface area contributed by atoms with Crippen LogP contribution in [0.5, 0.6) is 0 Å². The summed E-state index contributed by atoms with van der Waals surface area (Å²) in [5, 5.41) is 0.370. The molecule has 0 spiro atoms. The maximum Gasteiger partial charge on any atom is 0.273 e. The van der Waals surface area contributed by atoms with Gasteiger partial charge in [0.25, 0.3) is 5.17 Å². The van der Waals surface area contributed by atoms with E-state index in [1.807, 2.05) is 0 Å². The molecule has 1 heterocycles. The minimum Gasteiger partial charge on any atom is -0.444 e. The van der Waals surface area contributed by atoms with Crippen LogP contribution in [0, 0.1) is 6.73 Å². The van der Waals surface area contributed by atoms with Gasteiger partial charge in [0, 0.05) is 0 Å². The second kappa shape index (κ2) is 1.40. The Bertz CT molecular complexity index is 65.9. The zero-order valence-corrected chi connectivity index (χ0v) is 3.71. The van der Waals surface area contributed by atoms with E-state index in [0.717, 1.165) is 0 Å². The third kappa shape index (κ3) is 0.580. The Labute approximate surface area is 40.6 Å². The van der Waals surface area contributed by atoms with Crippen LogP contribution in [0.15, 0.2) is 0 Å². The number of ether oxygens (including phenoxy) is 1. The molecule has 6 heavy (non-hydrogen) atoms. The van der Waals surface area contributed by atoms with Crippen molar-refractivity contribution in [2.45, 2.75) is 0 Å². The maximum absolute atomic E-state index is 4.54. The molecular weight excluding hydrogens is 100 g/mol.